The van der Waals surface area contributed by atoms with Crippen LogP contribution in [0.5, 0.6) is 0 Å². The predicted octanol–water partition coefficient (Wildman–Crippen LogP) is 0.427. The Bertz CT molecular complexity index is 426. The Balaban J connectivity index is 1.66. The van der Waals surface area contributed by atoms with Gasteiger partial charge in [-0.05, 0) is 25.9 Å². The Labute approximate surface area is 118 Å². The van der Waals surface area contributed by atoms with Gasteiger partial charge in [0.1, 0.15) is 5.82 Å². The van der Waals surface area contributed by atoms with Crippen LogP contribution in [0.25, 0.3) is 0 Å². The molecule has 0 bridgehead atoms. The first-order valence-corrected chi connectivity index (χ1v) is 7.19. The first kappa shape index (κ1) is 14.9. The molecule has 20 heavy (non-hydrogen) atoms. The molecule has 112 valence electrons. The van der Waals surface area contributed by atoms with Crippen LogP contribution in [-0.2, 0) is 4.74 Å². The van der Waals surface area contributed by atoms with E-state index in [-0.39, 0.29) is 17.6 Å². The lowest BCUT2D eigenvalue weighted by Gasteiger charge is -2.22. The monoisotopic (exact) mass is 281 g/mol. The van der Waals surface area contributed by atoms with Gasteiger partial charge in [-0.2, -0.15) is 0 Å². The van der Waals surface area contributed by atoms with Crippen LogP contribution in [0.4, 0.5) is 0 Å². The highest BCUT2D eigenvalue weighted by Crippen LogP contribution is 2.08. The van der Waals surface area contributed by atoms with E-state index in [1.54, 1.807) is 0 Å². The second kappa shape index (κ2) is 7.35. The van der Waals surface area contributed by atoms with Crippen molar-refractivity contribution in [3.63, 3.8) is 0 Å². The highest BCUT2D eigenvalue weighted by molar-refractivity contribution is 5.90. The van der Waals surface area contributed by atoms with Crippen molar-refractivity contribution in [2.75, 3.05) is 26.2 Å². The molecule has 0 atom stereocenters. The van der Waals surface area contributed by atoms with Gasteiger partial charge in [0.05, 0.1) is 12.7 Å². The van der Waals surface area contributed by atoms with Gasteiger partial charge < -0.3 is 15.4 Å². The van der Waals surface area contributed by atoms with Crippen molar-refractivity contribution in [3.05, 3.63) is 11.6 Å². The van der Waals surface area contributed by atoms with E-state index in [1.807, 2.05) is 13.8 Å². The SMILES string of the molecule is CC(C)c1nc(C(=O)NCCOC2CCNCC2)n[nH]1. The number of ether oxygens (including phenoxy) is 1. The molecular formula is C13H23N5O2. The fourth-order valence-corrected chi connectivity index (χ4v) is 2.07. The molecule has 1 aliphatic rings. The van der Waals surface area contributed by atoms with Gasteiger partial charge >= 0.3 is 0 Å². The average molecular weight is 281 g/mol. The summed E-state index contributed by atoms with van der Waals surface area (Å²) >= 11 is 0. The quantitative estimate of drug-likeness (QED) is 0.658. The molecule has 2 heterocycles. The van der Waals surface area contributed by atoms with Gasteiger partial charge in [-0.1, -0.05) is 13.8 Å². The number of aromatic amines is 1. The van der Waals surface area contributed by atoms with E-state index < -0.39 is 0 Å². The maximum absolute atomic E-state index is 11.8. The molecule has 0 saturated carbocycles. The molecule has 1 fully saturated rings. The van der Waals surface area contributed by atoms with Crippen LogP contribution in [0, 0.1) is 0 Å². The van der Waals surface area contributed by atoms with Crippen LogP contribution in [-0.4, -0.2) is 53.4 Å². The minimum atomic E-state index is -0.262. The Kier molecular flexibility index (Phi) is 5.49. The molecule has 3 N–H and O–H groups in total. The fraction of sp³-hybridized carbons (Fsp3) is 0.769. The molecular weight excluding hydrogens is 258 g/mol. The van der Waals surface area contributed by atoms with Crippen molar-refractivity contribution in [3.8, 4) is 0 Å². The van der Waals surface area contributed by atoms with Crippen molar-refractivity contribution in [1.29, 1.82) is 0 Å². The highest BCUT2D eigenvalue weighted by Gasteiger charge is 2.15. The molecule has 7 nitrogen and oxygen atoms in total. The van der Waals surface area contributed by atoms with E-state index in [9.17, 15) is 4.79 Å². The van der Waals surface area contributed by atoms with Crippen molar-refractivity contribution in [2.45, 2.75) is 38.7 Å². The van der Waals surface area contributed by atoms with Crippen molar-refractivity contribution in [1.82, 2.24) is 25.8 Å². The lowest BCUT2D eigenvalue weighted by molar-refractivity contribution is 0.0342. The molecule has 0 spiro atoms. The number of carbonyl (C=O) groups excluding carboxylic acids is 1. The van der Waals surface area contributed by atoms with Crippen LogP contribution in [0.1, 0.15) is 49.1 Å². The molecule has 1 aromatic rings. The van der Waals surface area contributed by atoms with E-state index in [2.05, 4.69) is 25.8 Å². The molecule has 0 aliphatic carbocycles. The second-order valence-electron chi connectivity index (χ2n) is 5.28. The first-order valence-electron chi connectivity index (χ1n) is 7.19. The van der Waals surface area contributed by atoms with Gasteiger partial charge in [-0.15, -0.1) is 5.10 Å². The summed E-state index contributed by atoms with van der Waals surface area (Å²) in [7, 11) is 0. The maximum atomic E-state index is 11.8. The number of hydrogen-bond acceptors (Lipinski definition) is 5. The van der Waals surface area contributed by atoms with Crippen LogP contribution in [0.3, 0.4) is 0 Å². The first-order chi connectivity index (χ1) is 9.66. The number of rotatable bonds is 6. The average Bonchev–Trinajstić information content (AvgIpc) is 2.94. The van der Waals surface area contributed by atoms with Gasteiger partial charge in [-0.25, -0.2) is 4.98 Å². The van der Waals surface area contributed by atoms with Crippen LogP contribution in [0.2, 0.25) is 0 Å². The maximum Gasteiger partial charge on any atom is 0.291 e. The summed E-state index contributed by atoms with van der Waals surface area (Å²) in [6.07, 6.45) is 2.38. The Morgan fingerprint density at radius 3 is 2.85 bits per heavy atom. The van der Waals surface area contributed by atoms with Crippen LogP contribution < -0.4 is 10.6 Å². The summed E-state index contributed by atoms with van der Waals surface area (Å²) in [5, 5.41) is 12.7. The largest absolute Gasteiger partial charge is 0.376 e. The third-order valence-corrected chi connectivity index (χ3v) is 3.28. The predicted molar refractivity (Wildman–Crippen MR) is 74.6 cm³/mol. The molecule has 2 rings (SSSR count). The number of nitrogens with one attached hydrogen (secondary N) is 3. The van der Waals surface area contributed by atoms with Crippen molar-refractivity contribution < 1.29 is 9.53 Å². The Morgan fingerprint density at radius 1 is 1.45 bits per heavy atom. The normalized spacial score (nSPS) is 16.6. The number of nitrogens with zero attached hydrogens (tertiary/aromatic N) is 2. The third-order valence-electron chi connectivity index (χ3n) is 3.28. The number of aromatic nitrogens is 3. The number of hydrogen-bond donors (Lipinski definition) is 3. The topological polar surface area (TPSA) is 91.9 Å². The zero-order valence-electron chi connectivity index (χ0n) is 12.1. The van der Waals surface area contributed by atoms with E-state index in [0.717, 1.165) is 31.8 Å². The molecule has 1 saturated heterocycles. The third kappa shape index (κ3) is 4.28. The van der Waals surface area contributed by atoms with E-state index in [4.69, 9.17) is 4.74 Å². The summed E-state index contributed by atoms with van der Waals surface area (Å²) in [6.45, 7) is 7.01. The lowest BCUT2D eigenvalue weighted by Crippen LogP contribution is -2.35. The minimum absolute atomic E-state index is 0.190. The van der Waals surface area contributed by atoms with Gasteiger partial charge in [-0.3, -0.25) is 9.89 Å². The van der Waals surface area contributed by atoms with E-state index in [1.165, 1.54) is 0 Å². The Hall–Kier alpha value is -1.47. The number of H-pyrrole nitrogens is 1. The molecule has 7 heteroatoms. The Morgan fingerprint density at radius 2 is 2.20 bits per heavy atom. The highest BCUT2D eigenvalue weighted by atomic mass is 16.5. The molecule has 1 aromatic heterocycles. The molecule has 1 amide bonds. The standard InChI is InChI=1S/C13H23N5O2/c1-9(2)11-16-12(18-17-11)13(19)15-7-8-20-10-3-5-14-6-4-10/h9-10,14H,3-8H2,1-2H3,(H,15,19)(H,16,17,18). The zero-order valence-corrected chi connectivity index (χ0v) is 12.1. The van der Waals surface area contributed by atoms with Gasteiger partial charge in [0.25, 0.3) is 5.91 Å². The lowest BCUT2D eigenvalue weighted by atomic mass is 10.1. The van der Waals surface area contributed by atoms with Crippen LogP contribution >= 0.6 is 0 Å². The smallest absolute Gasteiger partial charge is 0.291 e. The second-order valence-corrected chi connectivity index (χ2v) is 5.28. The summed E-state index contributed by atoms with van der Waals surface area (Å²) in [5.41, 5.74) is 0. The minimum Gasteiger partial charge on any atom is -0.376 e. The van der Waals surface area contributed by atoms with Crippen LogP contribution in [0.15, 0.2) is 0 Å². The molecule has 0 unspecified atom stereocenters. The number of piperidine rings is 1. The summed E-state index contributed by atoms with van der Waals surface area (Å²) in [5.74, 6) is 0.881. The summed E-state index contributed by atoms with van der Waals surface area (Å²) in [4.78, 5) is 16.0. The summed E-state index contributed by atoms with van der Waals surface area (Å²) in [6, 6.07) is 0. The van der Waals surface area contributed by atoms with Gasteiger partial charge in [0, 0.05) is 12.5 Å². The van der Waals surface area contributed by atoms with Gasteiger partial charge in [0.2, 0.25) is 5.82 Å². The molecule has 0 aromatic carbocycles. The van der Waals surface area contributed by atoms with E-state index in [0.29, 0.717) is 19.3 Å². The van der Waals surface area contributed by atoms with Gasteiger partial charge in [0.15, 0.2) is 0 Å². The molecule has 1 aliphatic heterocycles. The van der Waals surface area contributed by atoms with E-state index >= 15 is 0 Å². The fourth-order valence-electron chi connectivity index (χ4n) is 2.07. The van der Waals surface area contributed by atoms with Crippen molar-refractivity contribution >= 4 is 5.91 Å². The van der Waals surface area contributed by atoms with Crippen molar-refractivity contribution in [2.24, 2.45) is 0 Å². The number of carbonyl (C=O) groups is 1. The molecule has 0 radical (unpaired) electrons. The number of amides is 1. The zero-order chi connectivity index (χ0) is 14.4. The summed E-state index contributed by atoms with van der Waals surface area (Å²) < 4.78 is 5.71.